The Bertz CT molecular complexity index is 446. The number of carboxylic acids is 1. The highest BCUT2D eigenvalue weighted by Crippen LogP contribution is 2.19. The first-order valence-electron chi connectivity index (χ1n) is 5.21. The predicted octanol–water partition coefficient (Wildman–Crippen LogP) is 0.0623. The van der Waals surface area contributed by atoms with Crippen LogP contribution in [0, 0.1) is 0 Å². The number of carbonyl (C=O) groups is 2. The zero-order valence-corrected chi connectivity index (χ0v) is 10.2. The average molecular weight is 255 g/mol. The van der Waals surface area contributed by atoms with Gasteiger partial charge in [0.05, 0.1) is 0 Å². The van der Waals surface area contributed by atoms with Crippen LogP contribution in [-0.2, 0) is 11.8 Å². The Balaban J connectivity index is 2.23. The van der Waals surface area contributed by atoms with Gasteiger partial charge in [0, 0.05) is 31.3 Å². The summed E-state index contributed by atoms with van der Waals surface area (Å²) in [6, 6.07) is 0.861. The van der Waals surface area contributed by atoms with E-state index in [1.807, 2.05) is 0 Å². The summed E-state index contributed by atoms with van der Waals surface area (Å²) in [5.41, 5.74) is 0.420. The van der Waals surface area contributed by atoms with Crippen molar-refractivity contribution in [2.45, 2.75) is 6.04 Å². The quantitative estimate of drug-likeness (QED) is 0.809. The van der Waals surface area contributed by atoms with Crippen molar-refractivity contribution in [1.29, 1.82) is 0 Å². The number of thioether (sulfide) groups is 1. The highest BCUT2D eigenvalue weighted by Gasteiger charge is 2.33. The van der Waals surface area contributed by atoms with Gasteiger partial charge in [-0.2, -0.15) is 16.9 Å². The van der Waals surface area contributed by atoms with Crippen LogP contribution in [0.3, 0.4) is 0 Å². The second-order valence-corrected chi connectivity index (χ2v) is 4.92. The molecule has 0 saturated carbocycles. The number of hydrogen-bond donors (Lipinski definition) is 1. The number of aryl methyl sites for hydroxylation is 1. The molecular formula is C10H13N3O3S. The molecule has 0 aromatic carbocycles. The molecule has 1 saturated heterocycles. The van der Waals surface area contributed by atoms with Gasteiger partial charge in [-0.3, -0.25) is 9.48 Å². The maximum atomic E-state index is 12.2. The molecule has 1 amide bonds. The third-order valence-corrected chi connectivity index (χ3v) is 3.74. The molecule has 7 heteroatoms. The molecule has 0 spiro atoms. The van der Waals surface area contributed by atoms with Crippen LogP contribution < -0.4 is 0 Å². The van der Waals surface area contributed by atoms with Crippen LogP contribution in [0.15, 0.2) is 12.3 Å². The first-order chi connectivity index (χ1) is 8.11. The van der Waals surface area contributed by atoms with Gasteiger partial charge in [-0.1, -0.05) is 0 Å². The molecule has 0 bridgehead atoms. The fourth-order valence-corrected chi connectivity index (χ4v) is 2.82. The number of rotatable bonds is 2. The van der Waals surface area contributed by atoms with E-state index in [1.165, 1.54) is 15.8 Å². The largest absolute Gasteiger partial charge is 0.480 e. The lowest BCUT2D eigenvalue weighted by molar-refractivity contribution is -0.141. The number of carboxylic acid groups (broad SMARTS) is 1. The number of hydrogen-bond acceptors (Lipinski definition) is 4. The fourth-order valence-electron chi connectivity index (χ4n) is 1.78. The number of carbonyl (C=O) groups excluding carboxylic acids is 1. The Morgan fingerprint density at radius 3 is 2.94 bits per heavy atom. The van der Waals surface area contributed by atoms with Crippen molar-refractivity contribution in [3.8, 4) is 0 Å². The molecule has 1 aromatic rings. The van der Waals surface area contributed by atoms with Crippen LogP contribution in [0.2, 0.25) is 0 Å². The average Bonchev–Trinajstić information content (AvgIpc) is 2.74. The summed E-state index contributed by atoms with van der Waals surface area (Å²) in [7, 11) is 1.67. The minimum Gasteiger partial charge on any atom is -0.480 e. The number of aromatic nitrogens is 2. The SMILES string of the molecule is Cn1nccc1C(=O)N1CCSCC1C(=O)O. The van der Waals surface area contributed by atoms with Gasteiger partial charge in [-0.25, -0.2) is 4.79 Å². The van der Waals surface area contributed by atoms with E-state index in [1.54, 1.807) is 24.9 Å². The number of nitrogens with zero attached hydrogens (tertiary/aromatic N) is 3. The second-order valence-electron chi connectivity index (χ2n) is 3.77. The molecule has 1 fully saturated rings. The van der Waals surface area contributed by atoms with Crippen molar-refractivity contribution in [3.05, 3.63) is 18.0 Å². The zero-order chi connectivity index (χ0) is 12.4. The van der Waals surface area contributed by atoms with E-state index in [2.05, 4.69) is 5.10 Å². The summed E-state index contributed by atoms with van der Waals surface area (Å²) in [5, 5.41) is 13.0. The van der Waals surface area contributed by atoms with E-state index >= 15 is 0 Å². The lowest BCUT2D eigenvalue weighted by Gasteiger charge is -2.32. The molecule has 1 aliphatic rings. The van der Waals surface area contributed by atoms with Crippen molar-refractivity contribution in [2.24, 2.45) is 7.05 Å². The molecule has 0 aliphatic carbocycles. The molecular weight excluding hydrogens is 242 g/mol. The Morgan fingerprint density at radius 2 is 2.35 bits per heavy atom. The van der Waals surface area contributed by atoms with Crippen LogP contribution in [-0.4, -0.2) is 55.8 Å². The van der Waals surface area contributed by atoms with Crippen molar-refractivity contribution in [1.82, 2.24) is 14.7 Å². The van der Waals surface area contributed by atoms with Crippen LogP contribution in [0.5, 0.6) is 0 Å². The number of amides is 1. The molecule has 1 aliphatic heterocycles. The second kappa shape index (κ2) is 4.79. The maximum absolute atomic E-state index is 12.2. The maximum Gasteiger partial charge on any atom is 0.327 e. The summed E-state index contributed by atoms with van der Waals surface area (Å²) < 4.78 is 1.46. The summed E-state index contributed by atoms with van der Waals surface area (Å²) in [6.45, 7) is 0.464. The predicted molar refractivity (Wildman–Crippen MR) is 63.0 cm³/mol. The first-order valence-corrected chi connectivity index (χ1v) is 6.36. The minimum atomic E-state index is -0.951. The fraction of sp³-hybridized carbons (Fsp3) is 0.500. The van der Waals surface area contributed by atoms with Crippen molar-refractivity contribution in [3.63, 3.8) is 0 Å². The van der Waals surface area contributed by atoms with E-state index in [9.17, 15) is 9.59 Å². The highest BCUT2D eigenvalue weighted by molar-refractivity contribution is 7.99. The van der Waals surface area contributed by atoms with Crippen molar-refractivity contribution >= 4 is 23.6 Å². The molecule has 2 heterocycles. The van der Waals surface area contributed by atoms with Crippen molar-refractivity contribution in [2.75, 3.05) is 18.1 Å². The van der Waals surface area contributed by atoms with Crippen LogP contribution in [0.1, 0.15) is 10.5 Å². The van der Waals surface area contributed by atoms with Gasteiger partial charge in [0.15, 0.2) is 0 Å². The molecule has 2 rings (SSSR count). The standard InChI is InChI=1S/C10H13N3O3S/c1-12-7(2-3-11-12)9(14)13-4-5-17-6-8(13)10(15)16/h2-3,8H,4-6H2,1H3,(H,15,16). The van der Waals surface area contributed by atoms with E-state index in [0.29, 0.717) is 18.0 Å². The summed E-state index contributed by atoms with van der Waals surface area (Å²) in [5.74, 6) is -0.00263. The van der Waals surface area contributed by atoms with E-state index in [-0.39, 0.29) is 5.91 Å². The van der Waals surface area contributed by atoms with Gasteiger partial charge in [-0.15, -0.1) is 0 Å². The molecule has 1 atom stereocenters. The zero-order valence-electron chi connectivity index (χ0n) is 9.37. The van der Waals surface area contributed by atoms with Gasteiger partial charge >= 0.3 is 5.97 Å². The van der Waals surface area contributed by atoms with Gasteiger partial charge in [0.2, 0.25) is 0 Å². The smallest absolute Gasteiger partial charge is 0.327 e. The van der Waals surface area contributed by atoms with Gasteiger partial charge in [-0.05, 0) is 6.07 Å². The van der Waals surface area contributed by atoms with Gasteiger partial charge in [0.1, 0.15) is 11.7 Å². The van der Waals surface area contributed by atoms with E-state index in [0.717, 1.165) is 5.75 Å². The van der Waals surface area contributed by atoms with E-state index in [4.69, 9.17) is 5.11 Å². The molecule has 1 N–H and O–H groups in total. The molecule has 92 valence electrons. The third kappa shape index (κ3) is 2.28. The van der Waals surface area contributed by atoms with Crippen LogP contribution in [0.4, 0.5) is 0 Å². The lowest BCUT2D eigenvalue weighted by Crippen LogP contribution is -2.50. The van der Waals surface area contributed by atoms with Gasteiger partial charge in [0.25, 0.3) is 5.91 Å². The summed E-state index contributed by atoms with van der Waals surface area (Å²) in [6.07, 6.45) is 1.53. The summed E-state index contributed by atoms with van der Waals surface area (Å²) in [4.78, 5) is 24.7. The Labute approximate surface area is 103 Å². The normalized spacial score (nSPS) is 20.3. The highest BCUT2D eigenvalue weighted by atomic mass is 32.2. The Morgan fingerprint density at radius 1 is 1.59 bits per heavy atom. The molecule has 1 aromatic heterocycles. The third-order valence-electron chi connectivity index (χ3n) is 2.71. The minimum absolute atomic E-state index is 0.266. The van der Waals surface area contributed by atoms with Crippen molar-refractivity contribution < 1.29 is 14.7 Å². The molecule has 6 nitrogen and oxygen atoms in total. The first kappa shape index (κ1) is 12.0. The molecule has 1 unspecified atom stereocenters. The number of aliphatic carboxylic acids is 1. The monoisotopic (exact) mass is 255 g/mol. The van der Waals surface area contributed by atoms with E-state index < -0.39 is 12.0 Å². The molecule has 17 heavy (non-hydrogen) atoms. The Hall–Kier alpha value is -1.50. The van der Waals surface area contributed by atoms with Crippen LogP contribution in [0.25, 0.3) is 0 Å². The topological polar surface area (TPSA) is 75.4 Å². The molecule has 0 radical (unpaired) electrons. The van der Waals surface area contributed by atoms with Gasteiger partial charge < -0.3 is 10.0 Å². The Kier molecular flexibility index (Phi) is 3.37. The summed E-state index contributed by atoms with van der Waals surface area (Å²) >= 11 is 1.56. The lowest BCUT2D eigenvalue weighted by atomic mass is 10.2. The van der Waals surface area contributed by atoms with Crippen LogP contribution >= 0.6 is 11.8 Å².